The molecule has 0 saturated carbocycles. The Balaban J connectivity index is 2.76. The summed E-state index contributed by atoms with van der Waals surface area (Å²) in [4.78, 5) is 14.6. The second-order valence-electron chi connectivity index (χ2n) is 3.78. The predicted octanol–water partition coefficient (Wildman–Crippen LogP) is 0.743. The SMILES string of the molecule is C#Cc1nn(CC)c2cncc(C(C#N)NC=O)c12. The fourth-order valence-corrected chi connectivity index (χ4v) is 1.97. The maximum Gasteiger partial charge on any atom is 0.208 e. The fourth-order valence-electron chi connectivity index (χ4n) is 1.97. The summed E-state index contributed by atoms with van der Waals surface area (Å²) in [6, 6.07) is 1.21. The van der Waals surface area contributed by atoms with E-state index in [1.165, 1.54) is 6.20 Å². The van der Waals surface area contributed by atoms with Crippen LogP contribution >= 0.6 is 0 Å². The maximum atomic E-state index is 10.6. The van der Waals surface area contributed by atoms with E-state index in [2.05, 4.69) is 21.3 Å². The van der Waals surface area contributed by atoms with Gasteiger partial charge < -0.3 is 5.32 Å². The number of nitrogens with one attached hydrogen (secondary N) is 1. The second kappa shape index (κ2) is 5.19. The molecule has 1 atom stereocenters. The van der Waals surface area contributed by atoms with E-state index in [-0.39, 0.29) is 0 Å². The summed E-state index contributed by atoms with van der Waals surface area (Å²) < 4.78 is 1.72. The minimum absolute atomic E-state index is 0.446. The number of nitrogens with zero attached hydrogens (tertiary/aromatic N) is 4. The Morgan fingerprint density at radius 3 is 3.00 bits per heavy atom. The van der Waals surface area contributed by atoms with Crippen molar-refractivity contribution in [3.8, 4) is 18.4 Å². The van der Waals surface area contributed by atoms with Gasteiger partial charge in [0.2, 0.25) is 6.41 Å². The number of carbonyl (C=O) groups is 1. The molecule has 1 amide bonds. The number of hydrogen-bond donors (Lipinski definition) is 1. The highest BCUT2D eigenvalue weighted by molar-refractivity contribution is 5.88. The average molecular weight is 253 g/mol. The monoisotopic (exact) mass is 253 g/mol. The van der Waals surface area contributed by atoms with E-state index >= 15 is 0 Å². The van der Waals surface area contributed by atoms with Crippen molar-refractivity contribution >= 4 is 17.3 Å². The lowest BCUT2D eigenvalue weighted by molar-refractivity contribution is -0.109. The molecule has 0 aliphatic rings. The zero-order valence-corrected chi connectivity index (χ0v) is 10.3. The van der Waals surface area contributed by atoms with Gasteiger partial charge in [0.25, 0.3) is 0 Å². The Bertz CT molecular complexity index is 704. The van der Waals surface area contributed by atoms with E-state index in [4.69, 9.17) is 11.7 Å². The van der Waals surface area contributed by atoms with Crippen LogP contribution in [-0.4, -0.2) is 21.2 Å². The highest BCUT2D eigenvalue weighted by atomic mass is 16.1. The molecule has 0 radical (unpaired) electrons. The Morgan fingerprint density at radius 2 is 2.42 bits per heavy atom. The summed E-state index contributed by atoms with van der Waals surface area (Å²) in [5, 5.41) is 16.5. The lowest BCUT2D eigenvalue weighted by Crippen LogP contribution is -2.18. The van der Waals surface area contributed by atoms with E-state index in [9.17, 15) is 4.79 Å². The van der Waals surface area contributed by atoms with Gasteiger partial charge in [-0.25, -0.2) is 0 Å². The molecule has 2 aromatic rings. The molecule has 0 aliphatic heterocycles. The molecule has 94 valence electrons. The van der Waals surface area contributed by atoms with Crippen LogP contribution in [0.1, 0.15) is 24.2 Å². The number of nitriles is 1. The zero-order valence-electron chi connectivity index (χ0n) is 10.3. The molecule has 6 nitrogen and oxygen atoms in total. The predicted molar refractivity (Wildman–Crippen MR) is 68.7 cm³/mol. The third-order valence-electron chi connectivity index (χ3n) is 2.80. The number of rotatable bonds is 4. The van der Waals surface area contributed by atoms with Gasteiger partial charge in [0.05, 0.1) is 17.8 Å². The number of hydrogen-bond acceptors (Lipinski definition) is 4. The number of fused-ring (bicyclic) bond motifs is 1. The first kappa shape index (κ1) is 12.6. The van der Waals surface area contributed by atoms with Gasteiger partial charge >= 0.3 is 0 Å². The number of pyridine rings is 1. The molecule has 2 rings (SSSR count). The lowest BCUT2D eigenvalue weighted by Gasteiger charge is -2.09. The Kier molecular flexibility index (Phi) is 3.44. The number of carbonyl (C=O) groups excluding carboxylic acids is 1. The normalized spacial score (nSPS) is 11.5. The minimum atomic E-state index is -0.796. The van der Waals surface area contributed by atoms with Gasteiger partial charge in [0.1, 0.15) is 11.7 Å². The molecule has 1 N–H and O–H groups in total. The van der Waals surface area contributed by atoms with E-state index in [1.807, 2.05) is 13.0 Å². The fraction of sp³-hybridized carbons (Fsp3) is 0.231. The number of terminal acetylenes is 1. The van der Waals surface area contributed by atoms with Gasteiger partial charge in [-0.2, -0.15) is 10.4 Å². The van der Waals surface area contributed by atoms with Crippen LogP contribution in [0, 0.1) is 23.7 Å². The van der Waals surface area contributed by atoms with Crippen molar-refractivity contribution in [2.45, 2.75) is 19.5 Å². The van der Waals surface area contributed by atoms with Gasteiger partial charge in [-0.15, -0.1) is 6.42 Å². The molecule has 0 bridgehead atoms. The highest BCUT2D eigenvalue weighted by Crippen LogP contribution is 2.25. The lowest BCUT2D eigenvalue weighted by atomic mass is 10.0. The standard InChI is InChI=1S/C13H11N5O/c1-3-10-13-9(11(5-14)16-8-19)6-15-7-12(13)18(4-2)17-10/h1,6-8,11H,4H2,2H3,(H,16,19). The van der Waals surface area contributed by atoms with E-state index in [1.54, 1.807) is 10.9 Å². The van der Waals surface area contributed by atoms with Gasteiger partial charge in [0.15, 0.2) is 0 Å². The molecule has 0 aliphatic carbocycles. The van der Waals surface area contributed by atoms with Gasteiger partial charge in [-0.1, -0.05) is 0 Å². The second-order valence-corrected chi connectivity index (χ2v) is 3.78. The van der Waals surface area contributed by atoms with Crippen LogP contribution in [0.5, 0.6) is 0 Å². The summed E-state index contributed by atoms with van der Waals surface area (Å²) in [7, 11) is 0. The smallest absolute Gasteiger partial charge is 0.208 e. The summed E-state index contributed by atoms with van der Waals surface area (Å²) in [5.41, 5.74) is 1.75. The van der Waals surface area contributed by atoms with Gasteiger partial charge in [-0.05, 0) is 12.8 Å². The molecule has 1 unspecified atom stereocenters. The van der Waals surface area contributed by atoms with E-state index in [0.29, 0.717) is 29.6 Å². The van der Waals surface area contributed by atoms with Crippen LogP contribution in [0.4, 0.5) is 0 Å². The summed E-state index contributed by atoms with van der Waals surface area (Å²) in [6.07, 6.45) is 9.10. The van der Waals surface area contributed by atoms with E-state index < -0.39 is 6.04 Å². The molecule has 0 saturated heterocycles. The molecule has 2 heterocycles. The van der Waals surface area contributed by atoms with Crippen LogP contribution in [0.15, 0.2) is 12.4 Å². The largest absolute Gasteiger partial charge is 0.339 e. The Labute approximate surface area is 110 Å². The first-order valence-electron chi connectivity index (χ1n) is 5.67. The molecule has 0 spiro atoms. The van der Waals surface area contributed by atoms with Crippen LogP contribution in [-0.2, 0) is 11.3 Å². The summed E-state index contributed by atoms with van der Waals surface area (Å²) >= 11 is 0. The number of aryl methyl sites for hydroxylation is 1. The highest BCUT2D eigenvalue weighted by Gasteiger charge is 2.19. The molecule has 19 heavy (non-hydrogen) atoms. The third-order valence-corrected chi connectivity index (χ3v) is 2.80. The zero-order chi connectivity index (χ0) is 13.8. The summed E-state index contributed by atoms with van der Waals surface area (Å²) in [5.74, 6) is 2.50. The average Bonchev–Trinajstić information content (AvgIpc) is 2.83. The third kappa shape index (κ3) is 2.00. The first-order chi connectivity index (χ1) is 9.26. The molecular weight excluding hydrogens is 242 g/mol. The summed E-state index contributed by atoms with van der Waals surface area (Å²) in [6.45, 7) is 2.58. The number of amides is 1. The Morgan fingerprint density at radius 1 is 1.63 bits per heavy atom. The van der Waals surface area contributed by atoms with E-state index in [0.717, 1.165) is 5.52 Å². The van der Waals surface area contributed by atoms with Gasteiger partial charge in [-0.3, -0.25) is 14.5 Å². The minimum Gasteiger partial charge on any atom is -0.339 e. The van der Waals surface area contributed by atoms with Crippen molar-refractivity contribution in [3.05, 3.63) is 23.7 Å². The van der Waals surface area contributed by atoms with Crippen molar-refractivity contribution < 1.29 is 4.79 Å². The first-order valence-corrected chi connectivity index (χ1v) is 5.67. The van der Waals surface area contributed by atoms with Crippen molar-refractivity contribution in [1.82, 2.24) is 20.1 Å². The van der Waals surface area contributed by atoms with Gasteiger partial charge in [0, 0.05) is 23.7 Å². The molecular formula is C13H11N5O. The molecule has 0 fully saturated rings. The molecule has 0 aromatic carbocycles. The van der Waals surface area contributed by atoms with Crippen LogP contribution in [0.2, 0.25) is 0 Å². The molecule has 2 aromatic heterocycles. The number of aromatic nitrogens is 3. The molecule has 6 heteroatoms. The van der Waals surface area contributed by atoms with Crippen LogP contribution < -0.4 is 5.32 Å². The quantitative estimate of drug-likeness (QED) is 0.643. The van der Waals surface area contributed by atoms with Crippen molar-refractivity contribution in [2.75, 3.05) is 0 Å². The van der Waals surface area contributed by atoms with Crippen molar-refractivity contribution in [1.29, 1.82) is 5.26 Å². The maximum absolute atomic E-state index is 10.6. The topological polar surface area (TPSA) is 83.6 Å². The van der Waals surface area contributed by atoms with Crippen molar-refractivity contribution in [2.24, 2.45) is 0 Å². The Hall–Kier alpha value is -2.86. The van der Waals surface area contributed by atoms with Crippen LogP contribution in [0.25, 0.3) is 10.9 Å². The van der Waals surface area contributed by atoms with Crippen LogP contribution in [0.3, 0.4) is 0 Å². The van der Waals surface area contributed by atoms with Crippen molar-refractivity contribution in [3.63, 3.8) is 0 Å².